The molecule has 0 aliphatic rings. The Labute approximate surface area is 191 Å². The standard InChI is InChI=1S/C24H16N4O6/c1-33-20-7-4-8-21-17(20)12-22(34-21)23-26-18-6-3-2-5-16(18)24(30)27(23)25-13-14-11-15(29)9-10-19(14)28(31)32/h2-13,29H,1H3. The fourth-order valence-electron chi connectivity index (χ4n) is 3.64. The molecule has 10 heteroatoms. The average Bonchev–Trinajstić information content (AvgIpc) is 3.27. The molecule has 2 aromatic heterocycles. The van der Waals surface area contributed by atoms with Gasteiger partial charge in [0.2, 0.25) is 5.82 Å². The lowest BCUT2D eigenvalue weighted by Crippen LogP contribution is -2.20. The fourth-order valence-corrected chi connectivity index (χ4v) is 3.64. The van der Waals surface area contributed by atoms with Crippen LogP contribution in [0, 0.1) is 10.1 Å². The minimum Gasteiger partial charge on any atom is -0.508 e. The van der Waals surface area contributed by atoms with Gasteiger partial charge >= 0.3 is 0 Å². The normalized spacial score (nSPS) is 11.4. The number of para-hydroxylation sites is 1. The first-order valence-corrected chi connectivity index (χ1v) is 10.1. The van der Waals surface area contributed by atoms with Gasteiger partial charge < -0.3 is 14.3 Å². The second-order valence-electron chi connectivity index (χ2n) is 7.30. The highest BCUT2D eigenvalue weighted by atomic mass is 16.6. The lowest BCUT2D eigenvalue weighted by Gasteiger charge is -2.07. The Balaban J connectivity index is 1.76. The van der Waals surface area contributed by atoms with Gasteiger partial charge in [0.1, 0.15) is 17.1 Å². The lowest BCUT2D eigenvalue weighted by atomic mass is 10.2. The van der Waals surface area contributed by atoms with Gasteiger partial charge in [-0.05, 0) is 42.5 Å². The Morgan fingerprint density at radius 1 is 1.12 bits per heavy atom. The van der Waals surface area contributed by atoms with Crippen LogP contribution in [0.5, 0.6) is 11.5 Å². The highest BCUT2D eigenvalue weighted by Crippen LogP contribution is 2.33. The highest BCUT2D eigenvalue weighted by Gasteiger charge is 2.19. The van der Waals surface area contributed by atoms with E-state index in [9.17, 15) is 20.0 Å². The van der Waals surface area contributed by atoms with E-state index < -0.39 is 10.5 Å². The molecule has 0 aliphatic carbocycles. The van der Waals surface area contributed by atoms with Crippen molar-refractivity contribution >= 4 is 33.8 Å². The monoisotopic (exact) mass is 456 g/mol. The number of nitrogens with zero attached hydrogens (tertiary/aromatic N) is 4. The van der Waals surface area contributed by atoms with Crippen molar-refractivity contribution in [3.05, 3.63) is 92.8 Å². The van der Waals surface area contributed by atoms with Gasteiger partial charge in [0.25, 0.3) is 11.2 Å². The molecule has 1 N–H and O–H groups in total. The van der Waals surface area contributed by atoms with E-state index in [1.807, 2.05) is 0 Å². The highest BCUT2D eigenvalue weighted by molar-refractivity contribution is 5.89. The first-order valence-electron chi connectivity index (χ1n) is 10.1. The molecule has 5 aromatic rings. The van der Waals surface area contributed by atoms with Gasteiger partial charge in [0.05, 0.1) is 40.1 Å². The van der Waals surface area contributed by atoms with Gasteiger partial charge in [-0.1, -0.05) is 18.2 Å². The van der Waals surface area contributed by atoms with E-state index >= 15 is 0 Å². The molecular formula is C24H16N4O6. The maximum atomic E-state index is 13.3. The zero-order chi connectivity index (χ0) is 23.8. The molecular weight excluding hydrogens is 440 g/mol. The molecule has 0 unspecified atom stereocenters. The number of benzene rings is 3. The molecule has 0 fully saturated rings. The van der Waals surface area contributed by atoms with Crippen LogP contribution in [-0.2, 0) is 0 Å². The van der Waals surface area contributed by atoms with Gasteiger partial charge in [0.15, 0.2) is 5.76 Å². The summed E-state index contributed by atoms with van der Waals surface area (Å²) >= 11 is 0. The molecule has 2 heterocycles. The van der Waals surface area contributed by atoms with Crippen LogP contribution in [0.1, 0.15) is 5.56 Å². The second-order valence-corrected chi connectivity index (χ2v) is 7.30. The van der Waals surface area contributed by atoms with Crippen LogP contribution in [0.4, 0.5) is 5.69 Å². The Hall–Kier alpha value is -4.99. The third kappa shape index (κ3) is 3.52. The number of rotatable bonds is 5. The number of aromatic hydroxyl groups is 1. The first kappa shape index (κ1) is 20.9. The van der Waals surface area contributed by atoms with E-state index in [0.717, 1.165) is 17.0 Å². The molecule has 0 spiro atoms. The van der Waals surface area contributed by atoms with Crippen molar-refractivity contribution in [3.8, 4) is 23.1 Å². The van der Waals surface area contributed by atoms with Crippen LogP contribution in [0.2, 0.25) is 0 Å². The van der Waals surface area contributed by atoms with Crippen LogP contribution in [0.25, 0.3) is 33.5 Å². The van der Waals surface area contributed by atoms with Gasteiger partial charge in [-0.3, -0.25) is 14.9 Å². The first-order chi connectivity index (χ1) is 16.5. The molecule has 3 aromatic carbocycles. The fraction of sp³-hybridized carbons (Fsp3) is 0.0417. The van der Waals surface area contributed by atoms with E-state index in [1.54, 1.807) is 48.5 Å². The maximum Gasteiger partial charge on any atom is 0.282 e. The van der Waals surface area contributed by atoms with Gasteiger partial charge in [-0.25, -0.2) is 4.98 Å². The van der Waals surface area contributed by atoms with Crippen molar-refractivity contribution in [1.82, 2.24) is 9.66 Å². The van der Waals surface area contributed by atoms with Crippen LogP contribution in [0.3, 0.4) is 0 Å². The molecule has 0 bridgehead atoms. The number of phenols is 1. The number of hydrogen-bond donors (Lipinski definition) is 1. The summed E-state index contributed by atoms with van der Waals surface area (Å²) in [4.78, 5) is 28.7. The summed E-state index contributed by atoms with van der Waals surface area (Å²) in [6.07, 6.45) is 1.13. The van der Waals surface area contributed by atoms with E-state index in [1.165, 1.54) is 19.2 Å². The molecule has 0 atom stereocenters. The van der Waals surface area contributed by atoms with Crippen LogP contribution < -0.4 is 10.3 Å². The number of nitro benzene ring substituents is 1. The number of nitro groups is 1. The zero-order valence-electron chi connectivity index (χ0n) is 17.7. The minimum atomic E-state index is -0.603. The van der Waals surface area contributed by atoms with E-state index in [-0.39, 0.29) is 28.6 Å². The Kier molecular flexibility index (Phi) is 5.02. The van der Waals surface area contributed by atoms with Gasteiger partial charge in [-0.2, -0.15) is 9.78 Å². The third-order valence-corrected chi connectivity index (χ3v) is 5.24. The van der Waals surface area contributed by atoms with Gasteiger partial charge in [-0.15, -0.1) is 0 Å². The predicted octanol–water partition coefficient (Wildman–Crippen LogP) is 4.31. The number of ether oxygens (including phenoxy) is 1. The van der Waals surface area contributed by atoms with E-state index in [4.69, 9.17) is 9.15 Å². The summed E-state index contributed by atoms with van der Waals surface area (Å²) in [7, 11) is 1.54. The third-order valence-electron chi connectivity index (χ3n) is 5.24. The van der Waals surface area contributed by atoms with Crippen molar-refractivity contribution in [2.24, 2.45) is 5.10 Å². The summed E-state index contributed by atoms with van der Waals surface area (Å²) < 4.78 is 12.4. The lowest BCUT2D eigenvalue weighted by molar-refractivity contribution is -0.385. The van der Waals surface area contributed by atoms with Crippen molar-refractivity contribution in [2.45, 2.75) is 0 Å². The smallest absolute Gasteiger partial charge is 0.282 e. The molecule has 0 saturated carbocycles. The maximum absolute atomic E-state index is 13.3. The second kappa shape index (κ2) is 8.17. The summed E-state index contributed by atoms with van der Waals surface area (Å²) in [5.41, 5.74) is 0.202. The number of methoxy groups -OCH3 is 1. The van der Waals surface area contributed by atoms with Crippen LogP contribution >= 0.6 is 0 Å². The molecule has 168 valence electrons. The quantitative estimate of drug-likeness (QED) is 0.237. The van der Waals surface area contributed by atoms with E-state index in [0.29, 0.717) is 27.6 Å². The van der Waals surface area contributed by atoms with E-state index in [2.05, 4.69) is 10.1 Å². The SMILES string of the molecule is COc1cccc2oc(-c3nc4ccccc4c(=O)n3N=Cc3cc(O)ccc3[N+](=O)[O-])cc12. The summed E-state index contributed by atoms with van der Waals surface area (Å²) in [5, 5.41) is 26.4. The molecule has 0 saturated heterocycles. The van der Waals surface area contributed by atoms with Crippen LogP contribution in [-0.4, -0.2) is 33.0 Å². The van der Waals surface area contributed by atoms with Crippen molar-refractivity contribution < 1.29 is 19.2 Å². The molecule has 0 amide bonds. The number of fused-ring (bicyclic) bond motifs is 2. The number of furan rings is 1. The predicted molar refractivity (Wildman–Crippen MR) is 126 cm³/mol. The summed E-state index contributed by atoms with van der Waals surface area (Å²) in [5.74, 6) is 0.757. The Morgan fingerprint density at radius 3 is 2.74 bits per heavy atom. The van der Waals surface area contributed by atoms with Gasteiger partial charge in [0, 0.05) is 6.07 Å². The molecule has 10 nitrogen and oxygen atoms in total. The Bertz CT molecular complexity index is 1670. The Morgan fingerprint density at radius 2 is 1.94 bits per heavy atom. The number of aromatic nitrogens is 2. The van der Waals surface area contributed by atoms with Crippen molar-refractivity contribution in [1.29, 1.82) is 0 Å². The number of hydrogen-bond acceptors (Lipinski definition) is 8. The summed E-state index contributed by atoms with van der Waals surface area (Å²) in [6.45, 7) is 0. The molecule has 0 radical (unpaired) electrons. The molecule has 5 rings (SSSR count). The summed E-state index contributed by atoms with van der Waals surface area (Å²) in [6, 6.07) is 17.3. The minimum absolute atomic E-state index is 0.0160. The van der Waals surface area contributed by atoms with Crippen molar-refractivity contribution in [3.63, 3.8) is 0 Å². The molecule has 34 heavy (non-hydrogen) atoms. The number of phenolic OH excluding ortho intramolecular Hbond substituents is 1. The van der Waals surface area contributed by atoms with Crippen molar-refractivity contribution in [2.75, 3.05) is 7.11 Å². The van der Waals surface area contributed by atoms with Crippen LogP contribution in [0.15, 0.2) is 81.0 Å². The largest absolute Gasteiger partial charge is 0.508 e. The zero-order valence-corrected chi connectivity index (χ0v) is 17.7. The topological polar surface area (TPSA) is 133 Å². The average molecular weight is 456 g/mol. The molecule has 0 aliphatic heterocycles.